The van der Waals surface area contributed by atoms with E-state index >= 15 is 0 Å². The molecule has 0 unspecified atom stereocenters. The van der Waals surface area contributed by atoms with E-state index in [1.165, 1.54) is 47.0 Å². The zero-order valence-corrected chi connectivity index (χ0v) is 43.4. The van der Waals surface area contributed by atoms with Crippen LogP contribution in [-0.2, 0) is 9.59 Å². The molecule has 21 heteroatoms. The number of pyridine rings is 2. The molecule has 0 bridgehead atoms. The smallest absolute Gasteiger partial charge is 0.295 e. The minimum absolute atomic E-state index is 0. The predicted molar refractivity (Wildman–Crippen MR) is 259 cm³/mol. The predicted octanol–water partition coefficient (Wildman–Crippen LogP) is 5.26. The molecule has 10 rings (SSSR count). The van der Waals surface area contributed by atoms with Gasteiger partial charge in [0.05, 0.1) is 40.2 Å². The Labute approximate surface area is 441 Å². The van der Waals surface area contributed by atoms with E-state index in [0.29, 0.717) is 81.9 Å². The minimum Gasteiger partial charge on any atom is -0.481 e. The van der Waals surface area contributed by atoms with E-state index in [9.17, 15) is 28.8 Å². The van der Waals surface area contributed by atoms with Gasteiger partial charge in [-0.2, -0.15) is 0 Å². The third-order valence-corrected chi connectivity index (χ3v) is 12.2. The first-order valence-corrected chi connectivity index (χ1v) is 22.3. The van der Waals surface area contributed by atoms with Crippen molar-refractivity contribution in [2.24, 2.45) is 0 Å². The van der Waals surface area contributed by atoms with Gasteiger partial charge in [0, 0.05) is 149 Å². The number of H-pyrrole nitrogens is 2. The average molecular weight is 1170 g/mol. The van der Waals surface area contributed by atoms with Crippen molar-refractivity contribution < 1.29 is 72.8 Å². The van der Waals surface area contributed by atoms with Gasteiger partial charge in [-0.05, 0) is 55.1 Å². The molecule has 2 aliphatic heterocycles. The molecule has 71 heavy (non-hydrogen) atoms. The summed E-state index contributed by atoms with van der Waals surface area (Å²) in [5, 5.41) is 1.22. The van der Waals surface area contributed by atoms with E-state index in [0.717, 1.165) is 11.1 Å². The van der Waals surface area contributed by atoms with E-state index in [-0.39, 0.29) is 105 Å². The van der Waals surface area contributed by atoms with Crippen molar-refractivity contribution in [3.05, 3.63) is 149 Å². The average Bonchev–Trinajstić information content (AvgIpc) is 4.07. The van der Waals surface area contributed by atoms with Crippen molar-refractivity contribution in [3.63, 3.8) is 0 Å². The van der Waals surface area contributed by atoms with E-state index < -0.39 is 23.4 Å². The third-order valence-electron chi connectivity index (χ3n) is 12.2. The van der Waals surface area contributed by atoms with Gasteiger partial charge in [-0.1, -0.05) is 42.6 Å². The van der Waals surface area contributed by atoms with E-state index in [4.69, 9.17) is 11.5 Å². The fraction of sp³-hybridized carbons (Fsp3) is 0.200. The first-order valence-electron chi connectivity index (χ1n) is 22.3. The molecule has 2 fully saturated rings. The van der Waals surface area contributed by atoms with Gasteiger partial charge >= 0.3 is 0 Å². The minimum atomic E-state index is -0.619. The summed E-state index contributed by atoms with van der Waals surface area (Å²) in [4.78, 5) is 116. The monoisotopic (exact) mass is 1160 g/mol. The van der Waals surface area contributed by atoms with Gasteiger partial charge in [-0.3, -0.25) is 43.7 Å². The van der Waals surface area contributed by atoms with Gasteiger partial charge in [0.15, 0.2) is 0 Å². The number of anilines is 1. The summed E-state index contributed by atoms with van der Waals surface area (Å²) in [6.07, 6.45) is 12.0. The molecule has 8 aromatic rings. The van der Waals surface area contributed by atoms with Crippen LogP contribution in [0.2, 0.25) is 0 Å². The second-order valence-corrected chi connectivity index (χ2v) is 16.7. The van der Waals surface area contributed by atoms with Crippen LogP contribution in [0, 0.1) is 57.9 Å². The quantitative estimate of drug-likeness (QED) is 0.130. The Balaban J connectivity index is 0.000000188. The van der Waals surface area contributed by atoms with E-state index in [2.05, 4.69) is 39.9 Å². The maximum absolute atomic E-state index is 13.2. The molecule has 1 radical (unpaired) electrons. The van der Waals surface area contributed by atoms with Gasteiger partial charge in [-0.25, -0.2) is 9.97 Å². The van der Waals surface area contributed by atoms with Crippen LogP contribution in [0.5, 0.6) is 0 Å². The van der Waals surface area contributed by atoms with Crippen LogP contribution >= 0.6 is 0 Å². The number of aromatic amines is 2. The van der Waals surface area contributed by atoms with Crippen LogP contribution in [0.1, 0.15) is 52.6 Å². The van der Waals surface area contributed by atoms with Crippen LogP contribution in [0.15, 0.2) is 110 Å². The number of Topliss-reactive ketones (excluding diaryl/α,β-unsaturated/α-hetero) is 2. The molecular formula is C50H45AcN14O6-. The number of nitrogen functional groups attached to an aromatic ring is 1. The number of ketones is 2. The molecule has 0 saturated carbocycles. The number of aryl methyl sites for hydroxylation is 2. The topological polar surface area (TPSA) is 274 Å². The molecule has 2 aromatic carbocycles. The van der Waals surface area contributed by atoms with Crippen molar-refractivity contribution >= 4 is 68.6 Å². The van der Waals surface area contributed by atoms with Crippen molar-refractivity contribution in [1.82, 2.24) is 59.5 Å². The van der Waals surface area contributed by atoms with Gasteiger partial charge in [-0.15, -0.1) is 0 Å². The van der Waals surface area contributed by atoms with Crippen molar-refractivity contribution in [1.29, 1.82) is 0 Å². The van der Waals surface area contributed by atoms with E-state index in [1.54, 1.807) is 46.5 Å². The number of nitrogens with zero attached hydrogens (tertiary/aromatic N) is 10. The van der Waals surface area contributed by atoms with Crippen LogP contribution in [0.25, 0.3) is 50.3 Å². The summed E-state index contributed by atoms with van der Waals surface area (Å²) >= 11 is 0. The number of benzene rings is 2. The molecule has 355 valence electrons. The molecule has 5 N–H and O–H groups in total. The number of piperazine rings is 2. The van der Waals surface area contributed by atoms with Gasteiger partial charge in [0.1, 0.15) is 22.9 Å². The summed E-state index contributed by atoms with van der Waals surface area (Å²) in [7, 11) is 0. The second kappa shape index (κ2) is 21.5. The first-order chi connectivity index (χ1) is 33.9. The van der Waals surface area contributed by atoms with Crippen LogP contribution in [-0.4, -0.2) is 147 Å². The Hall–Kier alpha value is -7.76. The molecule has 20 nitrogen and oxygen atoms in total. The maximum Gasteiger partial charge on any atom is 0.295 e. The van der Waals surface area contributed by atoms with Crippen molar-refractivity contribution in [3.8, 4) is 22.8 Å². The summed E-state index contributed by atoms with van der Waals surface area (Å²) in [5.41, 5.74) is 19.5. The van der Waals surface area contributed by atoms with Crippen LogP contribution < -0.4 is 5.73 Å². The van der Waals surface area contributed by atoms with E-state index in [1.807, 2.05) is 50.2 Å². The SMILES string of the molecule is Cc1cnc(-c2cnc(N)cn2)c2[nH]cc(C(=O)C(=O)N3CCN(C(=O)c4ccccc4)CC3)c12.Cc1cnc(-c2cnc([NH-])cn2)c2[nH]cc(C(=O)C(=O)N3CCN(C(=O)c4ccccc4)CC3)c12.[Ac]. The zero-order valence-electron chi connectivity index (χ0n) is 38.6. The third kappa shape index (κ3) is 10.3. The Morgan fingerprint density at radius 1 is 0.507 bits per heavy atom. The number of rotatable bonds is 8. The standard InChI is InChI=1S/2C25H23N7O3.Ac/c2*1-15-11-29-21(18-13-28-19(26)14-27-18)22-20(15)17(12-30-22)23(33)25(35)32-9-7-31(8-10-32)24(34)16-5-3-2-4-6-16;/h2-6,11-14H,7-10H2,1H3,(H3,26,27,28,29,30,33,35);2-6,11-14,30H,7-10H2,1H3,(H2,26,28);/p-1. The molecule has 0 spiro atoms. The number of nitrogens with two attached hydrogens (primary N) is 1. The van der Waals surface area contributed by atoms with Gasteiger partial charge in [0.2, 0.25) is 0 Å². The Bertz CT molecular complexity index is 3070. The second-order valence-electron chi connectivity index (χ2n) is 16.7. The first kappa shape index (κ1) is 49.7. The molecule has 2 aliphatic rings. The fourth-order valence-electron chi connectivity index (χ4n) is 8.55. The Morgan fingerprint density at radius 3 is 1.28 bits per heavy atom. The fourth-order valence-corrected chi connectivity index (χ4v) is 8.55. The number of hydrogen-bond acceptors (Lipinski definition) is 13. The van der Waals surface area contributed by atoms with Gasteiger partial charge in [0.25, 0.3) is 35.2 Å². The molecule has 0 atom stereocenters. The Kier molecular flexibility index (Phi) is 15.0. The molecule has 8 heterocycles. The molecule has 6 aromatic heterocycles. The van der Waals surface area contributed by atoms with Gasteiger partial charge < -0.3 is 46.0 Å². The molecular weight excluding hydrogens is 1120 g/mol. The van der Waals surface area contributed by atoms with Crippen LogP contribution in [0.4, 0.5) is 11.6 Å². The number of carbonyl (C=O) groups excluding carboxylic acids is 6. The number of carbonyl (C=O) groups is 6. The molecule has 0 aliphatic carbocycles. The number of nitrogens with one attached hydrogen (secondary N) is 3. The largest absolute Gasteiger partial charge is 0.481 e. The maximum atomic E-state index is 13.2. The van der Waals surface area contributed by atoms with Crippen LogP contribution in [0.3, 0.4) is 0 Å². The summed E-state index contributed by atoms with van der Waals surface area (Å²) in [6, 6.07) is 18.0. The zero-order chi connectivity index (χ0) is 49.1. The number of fused-ring (bicyclic) bond motifs is 2. The van der Waals surface area contributed by atoms with Crippen molar-refractivity contribution in [2.45, 2.75) is 13.8 Å². The summed E-state index contributed by atoms with van der Waals surface area (Å²) in [5.74, 6) is -2.27. The number of aromatic nitrogens is 8. The number of amides is 4. The Morgan fingerprint density at radius 2 is 0.901 bits per heavy atom. The normalized spacial score (nSPS) is 13.5. The number of hydrogen-bond donors (Lipinski definition) is 3. The molecule has 4 amide bonds. The summed E-state index contributed by atoms with van der Waals surface area (Å²) < 4.78 is 0. The van der Waals surface area contributed by atoms with Crippen molar-refractivity contribution in [2.75, 3.05) is 58.1 Å². The molecule has 2 saturated heterocycles. The summed E-state index contributed by atoms with van der Waals surface area (Å²) in [6.45, 7) is 6.25.